The minimum atomic E-state index is -0.438. The quantitative estimate of drug-likeness (QED) is 0.787. The maximum absolute atomic E-state index is 13.5. The lowest BCUT2D eigenvalue weighted by atomic mass is 10.1. The van der Waals surface area contributed by atoms with Crippen LogP contribution in [0.2, 0.25) is 0 Å². The van der Waals surface area contributed by atoms with E-state index in [1.54, 1.807) is 0 Å². The molecule has 0 unspecified atom stereocenters. The van der Waals surface area contributed by atoms with E-state index in [4.69, 9.17) is 0 Å². The fourth-order valence-corrected chi connectivity index (χ4v) is 2.42. The third-order valence-electron chi connectivity index (χ3n) is 3.41. The number of carbonyl (C=O) groups is 1. The number of piperidine rings is 1. The van der Waals surface area contributed by atoms with Crippen LogP contribution in [0.4, 0.5) is 4.39 Å². The van der Waals surface area contributed by atoms with E-state index in [1.165, 1.54) is 18.5 Å². The maximum atomic E-state index is 13.5. The van der Waals surface area contributed by atoms with Crippen LogP contribution in [-0.4, -0.2) is 35.0 Å². The first kappa shape index (κ1) is 17.7. The second-order valence-corrected chi connectivity index (χ2v) is 4.75. The van der Waals surface area contributed by atoms with Gasteiger partial charge >= 0.3 is 0 Å². The number of nitrogens with zero attached hydrogens (tertiary/aromatic N) is 1. The number of halogens is 3. The Labute approximate surface area is 133 Å². The molecule has 0 atom stereocenters. The van der Waals surface area contributed by atoms with E-state index in [1.807, 2.05) is 0 Å². The molecule has 0 aliphatic carbocycles. The number of rotatable bonds is 2. The summed E-state index contributed by atoms with van der Waals surface area (Å²) in [4.78, 5) is 19.1. The highest BCUT2D eigenvalue weighted by Gasteiger charge is 2.19. The molecule has 1 aromatic carbocycles. The van der Waals surface area contributed by atoms with Gasteiger partial charge in [0.2, 0.25) is 0 Å². The number of carbonyl (C=O) groups excluding carboxylic acids is 1. The molecule has 8 heteroatoms. The highest BCUT2D eigenvalue weighted by Crippen LogP contribution is 2.17. The molecule has 3 rings (SSSR count). The summed E-state index contributed by atoms with van der Waals surface area (Å²) in [5, 5.41) is 6.18. The lowest BCUT2D eigenvalue weighted by molar-refractivity contribution is 0.0930. The van der Waals surface area contributed by atoms with Crippen LogP contribution in [0.25, 0.3) is 11.0 Å². The van der Waals surface area contributed by atoms with Gasteiger partial charge in [-0.3, -0.25) is 4.79 Å². The van der Waals surface area contributed by atoms with Gasteiger partial charge in [-0.1, -0.05) is 0 Å². The minimum Gasteiger partial charge on any atom is -0.349 e. The van der Waals surface area contributed by atoms with Crippen molar-refractivity contribution in [2.75, 3.05) is 13.1 Å². The molecule has 1 aliphatic heterocycles. The maximum Gasteiger partial charge on any atom is 0.253 e. The smallest absolute Gasteiger partial charge is 0.253 e. The third kappa shape index (κ3) is 3.84. The van der Waals surface area contributed by atoms with E-state index in [-0.39, 0.29) is 42.3 Å². The van der Waals surface area contributed by atoms with E-state index in [9.17, 15) is 9.18 Å². The van der Waals surface area contributed by atoms with Crippen LogP contribution in [0, 0.1) is 5.82 Å². The normalized spacial score (nSPS) is 15.1. The van der Waals surface area contributed by atoms with Crippen molar-refractivity contribution in [2.24, 2.45) is 0 Å². The van der Waals surface area contributed by atoms with Crippen LogP contribution < -0.4 is 10.6 Å². The van der Waals surface area contributed by atoms with Gasteiger partial charge in [-0.25, -0.2) is 9.37 Å². The van der Waals surface area contributed by atoms with Crippen molar-refractivity contribution < 1.29 is 9.18 Å². The molecule has 5 nitrogen and oxygen atoms in total. The van der Waals surface area contributed by atoms with Crippen molar-refractivity contribution in [3.63, 3.8) is 0 Å². The van der Waals surface area contributed by atoms with Crippen LogP contribution in [-0.2, 0) is 0 Å². The number of aromatic amines is 1. The molecule has 0 saturated carbocycles. The van der Waals surface area contributed by atoms with Gasteiger partial charge in [0.1, 0.15) is 11.3 Å². The largest absolute Gasteiger partial charge is 0.349 e. The molecule has 2 heterocycles. The van der Waals surface area contributed by atoms with E-state index >= 15 is 0 Å². The lowest BCUT2D eigenvalue weighted by Gasteiger charge is -2.23. The number of amides is 1. The van der Waals surface area contributed by atoms with Crippen LogP contribution in [0.15, 0.2) is 18.5 Å². The third-order valence-corrected chi connectivity index (χ3v) is 3.41. The van der Waals surface area contributed by atoms with Gasteiger partial charge in [-0.15, -0.1) is 24.8 Å². The summed E-state index contributed by atoms with van der Waals surface area (Å²) in [6.45, 7) is 1.79. The van der Waals surface area contributed by atoms with Gasteiger partial charge in [-0.2, -0.15) is 0 Å². The van der Waals surface area contributed by atoms with Crippen molar-refractivity contribution in [3.8, 4) is 0 Å². The van der Waals surface area contributed by atoms with Gasteiger partial charge in [-0.05, 0) is 38.1 Å². The Hall–Kier alpha value is -1.37. The number of H-pyrrole nitrogens is 1. The zero-order chi connectivity index (χ0) is 13.2. The molecule has 116 valence electrons. The Morgan fingerprint density at radius 1 is 1.29 bits per heavy atom. The van der Waals surface area contributed by atoms with Crippen molar-refractivity contribution in [1.29, 1.82) is 0 Å². The van der Waals surface area contributed by atoms with E-state index in [2.05, 4.69) is 20.6 Å². The van der Waals surface area contributed by atoms with Crippen molar-refractivity contribution in [2.45, 2.75) is 18.9 Å². The summed E-state index contributed by atoms with van der Waals surface area (Å²) in [7, 11) is 0. The molecule has 1 aliphatic rings. The number of nitrogens with one attached hydrogen (secondary N) is 3. The molecule has 3 N–H and O–H groups in total. The number of aromatic nitrogens is 2. The summed E-state index contributed by atoms with van der Waals surface area (Å²) in [6, 6.07) is 2.72. The molecule has 2 aromatic rings. The highest BCUT2D eigenvalue weighted by molar-refractivity contribution is 6.04. The van der Waals surface area contributed by atoms with E-state index in [0.29, 0.717) is 11.0 Å². The van der Waals surface area contributed by atoms with Crippen LogP contribution in [0.3, 0.4) is 0 Å². The Balaban J connectivity index is 0.00000110. The predicted molar refractivity (Wildman–Crippen MR) is 83.9 cm³/mol. The van der Waals surface area contributed by atoms with Crippen LogP contribution in [0.1, 0.15) is 23.2 Å². The zero-order valence-corrected chi connectivity index (χ0v) is 12.8. The number of fused-ring (bicyclic) bond motifs is 1. The summed E-state index contributed by atoms with van der Waals surface area (Å²) in [5.74, 6) is -0.698. The van der Waals surface area contributed by atoms with Crippen molar-refractivity contribution >= 4 is 41.8 Å². The Morgan fingerprint density at radius 2 is 2.00 bits per heavy atom. The first-order valence-electron chi connectivity index (χ1n) is 6.38. The molecule has 1 fully saturated rings. The van der Waals surface area contributed by atoms with Gasteiger partial charge in [0, 0.05) is 6.04 Å². The van der Waals surface area contributed by atoms with E-state index in [0.717, 1.165) is 25.9 Å². The second kappa shape index (κ2) is 7.59. The monoisotopic (exact) mass is 334 g/mol. The SMILES string of the molecule is Cl.Cl.O=C(NC1CCNCC1)c1cc(F)cc2[nH]cnc12. The minimum absolute atomic E-state index is 0. The van der Waals surface area contributed by atoms with Gasteiger partial charge < -0.3 is 15.6 Å². The van der Waals surface area contributed by atoms with Crippen molar-refractivity contribution in [1.82, 2.24) is 20.6 Å². The molecule has 21 heavy (non-hydrogen) atoms. The molecular formula is C13H17Cl2FN4O. The summed E-state index contributed by atoms with van der Waals surface area (Å²) >= 11 is 0. The summed E-state index contributed by atoms with van der Waals surface area (Å²) < 4.78 is 13.5. The molecule has 0 radical (unpaired) electrons. The first-order valence-corrected chi connectivity index (χ1v) is 6.38. The summed E-state index contributed by atoms with van der Waals surface area (Å²) in [6.07, 6.45) is 3.25. The first-order chi connectivity index (χ1) is 9.24. The number of imidazole rings is 1. The zero-order valence-electron chi connectivity index (χ0n) is 11.2. The topological polar surface area (TPSA) is 69.8 Å². The Bertz CT molecular complexity index is 613. The molecular weight excluding hydrogens is 318 g/mol. The number of hydrogen-bond acceptors (Lipinski definition) is 3. The number of benzene rings is 1. The van der Waals surface area contributed by atoms with Crippen LogP contribution >= 0.6 is 24.8 Å². The van der Waals surface area contributed by atoms with Crippen molar-refractivity contribution in [3.05, 3.63) is 29.8 Å². The fourth-order valence-electron chi connectivity index (χ4n) is 2.42. The average molecular weight is 335 g/mol. The van der Waals surface area contributed by atoms with E-state index < -0.39 is 5.82 Å². The fraction of sp³-hybridized carbons (Fsp3) is 0.385. The Morgan fingerprint density at radius 3 is 2.71 bits per heavy atom. The number of hydrogen-bond donors (Lipinski definition) is 3. The highest BCUT2D eigenvalue weighted by atomic mass is 35.5. The second-order valence-electron chi connectivity index (χ2n) is 4.75. The Kier molecular flexibility index (Phi) is 6.39. The molecule has 1 saturated heterocycles. The standard InChI is InChI=1S/C13H15FN4O.2ClH/c14-8-5-10(12-11(6-8)16-7-17-12)13(19)18-9-1-3-15-4-2-9;;/h5-7,9,15H,1-4H2,(H,16,17)(H,18,19);2*1H. The molecule has 0 bridgehead atoms. The predicted octanol–water partition coefficient (Wildman–Crippen LogP) is 2.03. The lowest BCUT2D eigenvalue weighted by Crippen LogP contribution is -2.42. The molecule has 0 spiro atoms. The molecule has 1 amide bonds. The van der Waals surface area contributed by atoms with Gasteiger partial charge in [0.05, 0.1) is 17.4 Å². The van der Waals surface area contributed by atoms with Gasteiger partial charge in [0.15, 0.2) is 0 Å². The van der Waals surface area contributed by atoms with Gasteiger partial charge in [0.25, 0.3) is 5.91 Å². The average Bonchev–Trinajstić information content (AvgIpc) is 2.86. The summed E-state index contributed by atoms with van der Waals surface area (Å²) in [5.41, 5.74) is 1.33. The van der Waals surface area contributed by atoms with Crippen LogP contribution in [0.5, 0.6) is 0 Å². The molecule has 1 aromatic heterocycles.